The van der Waals surface area contributed by atoms with E-state index in [0.29, 0.717) is 11.4 Å². The van der Waals surface area contributed by atoms with E-state index in [2.05, 4.69) is 16.0 Å². The van der Waals surface area contributed by atoms with Crippen molar-refractivity contribution in [2.75, 3.05) is 58.5 Å². The molecular formula is C15H25N5O4S. The second-order valence-electron chi connectivity index (χ2n) is 5.69. The van der Waals surface area contributed by atoms with Crippen molar-refractivity contribution in [3.05, 3.63) is 18.2 Å². The third kappa shape index (κ3) is 5.69. The van der Waals surface area contributed by atoms with Gasteiger partial charge in [-0.1, -0.05) is 0 Å². The Morgan fingerprint density at radius 3 is 2.16 bits per heavy atom. The van der Waals surface area contributed by atoms with Crippen molar-refractivity contribution in [3.63, 3.8) is 0 Å². The number of sulfonamides is 1. The minimum Gasteiger partial charge on any atom is -0.376 e. The first-order valence-corrected chi connectivity index (χ1v) is 8.98. The Kier molecular flexibility index (Phi) is 7.34. The second-order valence-corrected chi connectivity index (χ2v) is 7.84. The molecule has 1 aromatic carbocycles. The van der Waals surface area contributed by atoms with Crippen LogP contribution in [0.1, 0.15) is 0 Å². The van der Waals surface area contributed by atoms with E-state index in [0.717, 1.165) is 4.31 Å². The Morgan fingerprint density at radius 2 is 1.64 bits per heavy atom. The molecule has 10 heteroatoms. The molecule has 0 saturated carbocycles. The average molecular weight is 371 g/mol. The maximum absolute atomic E-state index is 12.3. The number of nitrogens with one attached hydrogen (secondary N) is 3. The van der Waals surface area contributed by atoms with E-state index in [4.69, 9.17) is 0 Å². The van der Waals surface area contributed by atoms with Gasteiger partial charge < -0.3 is 15.5 Å². The van der Waals surface area contributed by atoms with E-state index in [-0.39, 0.29) is 29.8 Å². The number of rotatable bonds is 8. The molecule has 1 rings (SSSR count). The molecule has 0 heterocycles. The normalized spacial score (nSPS) is 11.3. The number of hydrogen-bond acceptors (Lipinski definition) is 6. The van der Waals surface area contributed by atoms with Crippen LogP contribution in [-0.2, 0) is 19.6 Å². The maximum atomic E-state index is 12.3. The molecule has 0 fully saturated rings. The van der Waals surface area contributed by atoms with Gasteiger partial charge in [0.25, 0.3) is 0 Å². The smallest absolute Gasteiger partial charge is 0.242 e. The molecule has 140 valence electrons. The summed E-state index contributed by atoms with van der Waals surface area (Å²) in [6, 6.07) is 4.54. The van der Waals surface area contributed by atoms with Crippen LogP contribution in [0.25, 0.3) is 0 Å². The summed E-state index contributed by atoms with van der Waals surface area (Å²) in [5, 5.41) is 7.82. The maximum Gasteiger partial charge on any atom is 0.242 e. The van der Waals surface area contributed by atoms with Crippen LogP contribution in [0.2, 0.25) is 0 Å². The molecule has 0 saturated heterocycles. The van der Waals surface area contributed by atoms with Crippen LogP contribution < -0.4 is 20.9 Å². The first-order chi connectivity index (χ1) is 11.6. The van der Waals surface area contributed by atoms with Gasteiger partial charge >= 0.3 is 0 Å². The highest BCUT2D eigenvalue weighted by Crippen LogP contribution is 2.28. The zero-order valence-corrected chi connectivity index (χ0v) is 15.9. The van der Waals surface area contributed by atoms with Crippen LogP contribution >= 0.6 is 0 Å². The number of anilines is 2. The Morgan fingerprint density at radius 1 is 1.04 bits per heavy atom. The molecule has 1 aromatic rings. The van der Waals surface area contributed by atoms with E-state index in [9.17, 15) is 18.0 Å². The Balaban J connectivity index is 2.99. The van der Waals surface area contributed by atoms with Crippen molar-refractivity contribution in [2.45, 2.75) is 4.90 Å². The highest BCUT2D eigenvalue weighted by Gasteiger charge is 2.20. The van der Waals surface area contributed by atoms with Crippen molar-refractivity contribution in [1.82, 2.24) is 14.9 Å². The van der Waals surface area contributed by atoms with Crippen LogP contribution in [-0.4, -0.2) is 72.9 Å². The summed E-state index contributed by atoms with van der Waals surface area (Å²) >= 11 is 0. The Hall–Kier alpha value is -2.17. The zero-order valence-electron chi connectivity index (χ0n) is 15.1. The van der Waals surface area contributed by atoms with E-state index in [1.807, 2.05) is 0 Å². The molecule has 0 atom stereocenters. The number of hydrogen-bond donors (Lipinski definition) is 3. The van der Waals surface area contributed by atoms with Crippen molar-refractivity contribution in [3.8, 4) is 0 Å². The van der Waals surface area contributed by atoms with Crippen LogP contribution in [0.4, 0.5) is 11.4 Å². The van der Waals surface area contributed by atoms with Gasteiger partial charge in [0.2, 0.25) is 21.8 Å². The molecule has 25 heavy (non-hydrogen) atoms. The summed E-state index contributed by atoms with van der Waals surface area (Å²) in [7, 11) is 4.34. The van der Waals surface area contributed by atoms with Crippen molar-refractivity contribution < 1.29 is 18.0 Å². The highest BCUT2D eigenvalue weighted by atomic mass is 32.2. The van der Waals surface area contributed by atoms with E-state index >= 15 is 0 Å². The monoisotopic (exact) mass is 371 g/mol. The average Bonchev–Trinajstić information content (AvgIpc) is 2.53. The van der Waals surface area contributed by atoms with Gasteiger partial charge in [-0.2, -0.15) is 0 Å². The van der Waals surface area contributed by atoms with E-state index in [1.54, 1.807) is 25.1 Å². The van der Waals surface area contributed by atoms with Crippen molar-refractivity contribution in [1.29, 1.82) is 0 Å². The van der Waals surface area contributed by atoms with Crippen molar-refractivity contribution in [2.24, 2.45) is 0 Å². The molecule has 0 aliphatic rings. The van der Waals surface area contributed by atoms with Crippen LogP contribution in [0.5, 0.6) is 0 Å². The van der Waals surface area contributed by atoms with Gasteiger partial charge in [0.1, 0.15) is 0 Å². The number of likely N-dealkylation sites (N-methyl/N-ethyl adjacent to an activating group) is 1. The highest BCUT2D eigenvalue weighted by molar-refractivity contribution is 7.89. The van der Waals surface area contributed by atoms with Crippen LogP contribution in [0.15, 0.2) is 23.1 Å². The van der Waals surface area contributed by atoms with Crippen LogP contribution in [0, 0.1) is 0 Å². The lowest BCUT2D eigenvalue weighted by molar-refractivity contribution is -0.120. The standard InChI is InChI=1S/C15H25N5O4S/c1-16-14(21)9-17-10-15(22)18-12-8-11(25(23,24)20(4)5)6-7-13(12)19(2)3/h6-8,17H,9-10H2,1-5H3,(H,16,21)(H,18,22). The summed E-state index contributed by atoms with van der Waals surface area (Å²) in [5.74, 6) is -0.618. The molecule has 0 aliphatic carbocycles. The molecule has 0 spiro atoms. The number of nitrogens with zero attached hydrogens (tertiary/aromatic N) is 2. The van der Waals surface area contributed by atoms with Gasteiger partial charge in [0.15, 0.2) is 0 Å². The fourth-order valence-electron chi connectivity index (χ4n) is 1.95. The number of amides is 2. The van der Waals surface area contributed by atoms with Gasteiger partial charge in [-0.25, -0.2) is 12.7 Å². The third-order valence-corrected chi connectivity index (χ3v) is 5.16. The van der Waals surface area contributed by atoms with Gasteiger partial charge in [-0.3, -0.25) is 14.9 Å². The number of carbonyl (C=O) groups excluding carboxylic acids is 2. The SMILES string of the molecule is CNC(=O)CNCC(=O)Nc1cc(S(=O)(=O)N(C)C)ccc1N(C)C. The van der Waals surface area contributed by atoms with Gasteiger partial charge in [-0.15, -0.1) is 0 Å². The summed E-state index contributed by atoms with van der Waals surface area (Å²) < 4.78 is 25.7. The molecular weight excluding hydrogens is 346 g/mol. The molecule has 3 N–H and O–H groups in total. The molecule has 0 aromatic heterocycles. The Labute approximate surface area is 148 Å². The molecule has 0 bridgehead atoms. The van der Waals surface area contributed by atoms with E-state index < -0.39 is 10.0 Å². The molecule has 9 nitrogen and oxygen atoms in total. The lowest BCUT2D eigenvalue weighted by Crippen LogP contribution is -2.36. The van der Waals surface area contributed by atoms with Gasteiger partial charge in [-0.05, 0) is 18.2 Å². The minimum absolute atomic E-state index is 0.0134. The quantitative estimate of drug-likeness (QED) is 0.556. The topological polar surface area (TPSA) is 111 Å². The lowest BCUT2D eigenvalue weighted by atomic mass is 10.2. The Bertz CT molecular complexity index is 731. The summed E-state index contributed by atoms with van der Waals surface area (Å²) in [4.78, 5) is 25.0. The fourth-order valence-corrected chi connectivity index (χ4v) is 2.88. The first-order valence-electron chi connectivity index (χ1n) is 7.54. The van der Waals surface area contributed by atoms with Gasteiger partial charge in [0, 0.05) is 35.2 Å². The molecule has 0 unspecified atom stereocenters. The number of benzene rings is 1. The number of carbonyl (C=O) groups is 2. The largest absolute Gasteiger partial charge is 0.376 e. The molecule has 0 radical (unpaired) electrons. The predicted octanol–water partition coefficient (Wildman–Crippen LogP) is -0.723. The summed E-state index contributed by atoms with van der Waals surface area (Å²) in [6.45, 7) is -0.0650. The minimum atomic E-state index is -3.61. The second kappa shape index (κ2) is 8.79. The lowest BCUT2D eigenvalue weighted by Gasteiger charge is -2.20. The molecule has 0 aliphatic heterocycles. The fraction of sp³-hybridized carbons (Fsp3) is 0.467. The zero-order chi connectivity index (χ0) is 19.2. The third-order valence-electron chi connectivity index (χ3n) is 3.35. The predicted molar refractivity (Wildman–Crippen MR) is 97.2 cm³/mol. The van der Waals surface area contributed by atoms with Gasteiger partial charge in [0.05, 0.1) is 29.4 Å². The summed E-state index contributed by atoms with van der Waals surface area (Å²) in [6.07, 6.45) is 0. The van der Waals surface area contributed by atoms with Crippen molar-refractivity contribution >= 4 is 33.2 Å². The summed E-state index contributed by atoms with van der Waals surface area (Å²) in [5.41, 5.74) is 1.04. The van der Waals surface area contributed by atoms with Crippen LogP contribution in [0.3, 0.4) is 0 Å². The first kappa shape index (κ1) is 20.9. The van der Waals surface area contributed by atoms with E-state index in [1.165, 1.54) is 33.3 Å². The molecule has 2 amide bonds.